The summed E-state index contributed by atoms with van der Waals surface area (Å²) in [5.74, 6) is 0.361. The van der Waals surface area contributed by atoms with Crippen LogP contribution < -0.4 is 5.32 Å². The minimum Gasteiger partial charge on any atom is -0.316 e. The second-order valence-electron chi connectivity index (χ2n) is 4.92. The van der Waals surface area contributed by atoms with E-state index in [1.54, 1.807) is 12.5 Å². The van der Waals surface area contributed by atoms with Crippen molar-refractivity contribution < 1.29 is 13.2 Å². The van der Waals surface area contributed by atoms with E-state index in [0.717, 1.165) is 37.3 Å². The molecule has 1 aromatic carbocycles. The van der Waals surface area contributed by atoms with Crippen molar-refractivity contribution in [1.29, 1.82) is 0 Å². The number of benzene rings is 1. The fourth-order valence-corrected chi connectivity index (χ4v) is 2.54. The molecule has 2 aromatic rings. The number of rotatable bonds is 2. The molecule has 1 aliphatic rings. The minimum atomic E-state index is -4.30. The summed E-state index contributed by atoms with van der Waals surface area (Å²) in [4.78, 5) is 4.13. The molecule has 1 fully saturated rings. The van der Waals surface area contributed by atoms with Crippen LogP contribution in [0.3, 0.4) is 0 Å². The van der Waals surface area contributed by atoms with Gasteiger partial charge in [-0.1, -0.05) is 0 Å². The van der Waals surface area contributed by atoms with E-state index in [4.69, 9.17) is 0 Å². The van der Waals surface area contributed by atoms with Crippen LogP contribution in [0.1, 0.15) is 23.6 Å². The van der Waals surface area contributed by atoms with Gasteiger partial charge < -0.3 is 9.88 Å². The molecule has 0 saturated carbocycles. The second kappa shape index (κ2) is 4.94. The Bertz CT molecular complexity index is 580. The number of hydrogen-bond donors (Lipinski definition) is 1. The van der Waals surface area contributed by atoms with E-state index in [-0.39, 0.29) is 0 Å². The van der Waals surface area contributed by atoms with Crippen LogP contribution in [-0.2, 0) is 6.18 Å². The van der Waals surface area contributed by atoms with E-state index in [1.165, 1.54) is 12.1 Å². The molecule has 1 atom stereocenters. The lowest BCUT2D eigenvalue weighted by molar-refractivity contribution is -0.137. The summed E-state index contributed by atoms with van der Waals surface area (Å²) < 4.78 is 39.5. The lowest BCUT2D eigenvalue weighted by Gasteiger charge is -2.14. The number of halogens is 3. The molecule has 0 bridgehead atoms. The lowest BCUT2D eigenvalue weighted by atomic mass is 10.1. The quantitative estimate of drug-likeness (QED) is 0.917. The van der Waals surface area contributed by atoms with Gasteiger partial charge in [0.1, 0.15) is 0 Å². The normalized spacial score (nSPS) is 19.4. The molecule has 1 aliphatic heterocycles. The van der Waals surface area contributed by atoms with E-state index in [9.17, 15) is 13.2 Å². The van der Waals surface area contributed by atoms with Crippen LogP contribution in [0.25, 0.3) is 5.69 Å². The number of alkyl halides is 3. The molecule has 0 aliphatic carbocycles. The highest BCUT2D eigenvalue weighted by molar-refractivity contribution is 5.38. The first kappa shape index (κ1) is 13.2. The van der Waals surface area contributed by atoms with Crippen molar-refractivity contribution in [1.82, 2.24) is 14.9 Å². The Morgan fingerprint density at radius 3 is 2.55 bits per heavy atom. The third kappa shape index (κ3) is 2.43. The summed E-state index contributed by atoms with van der Waals surface area (Å²) in [6.07, 6.45) is 0.156. The SMILES string of the molecule is FC(F)(F)c1ccc(-n2cncc2C2CCNC2)cc1. The minimum absolute atomic E-state index is 0.361. The molecule has 106 valence electrons. The summed E-state index contributed by atoms with van der Waals surface area (Å²) in [6, 6.07) is 5.17. The Hall–Kier alpha value is -1.82. The molecule has 1 unspecified atom stereocenters. The Labute approximate surface area is 114 Å². The zero-order valence-electron chi connectivity index (χ0n) is 10.7. The van der Waals surface area contributed by atoms with Crippen LogP contribution in [0.5, 0.6) is 0 Å². The van der Waals surface area contributed by atoms with Crippen LogP contribution >= 0.6 is 0 Å². The molecule has 3 rings (SSSR count). The zero-order valence-corrected chi connectivity index (χ0v) is 10.7. The van der Waals surface area contributed by atoms with Gasteiger partial charge in [-0.25, -0.2) is 4.98 Å². The first-order chi connectivity index (χ1) is 9.55. The molecule has 1 saturated heterocycles. The van der Waals surface area contributed by atoms with Gasteiger partial charge in [-0.05, 0) is 37.2 Å². The van der Waals surface area contributed by atoms with Crippen LogP contribution in [0.15, 0.2) is 36.8 Å². The fraction of sp³-hybridized carbons (Fsp3) is 0.357. The van der Waals surface area contributed by atoms with Gasteiger partial charge >= 0.3 is 6.18 Å². The topological polar surface area (TPSA) is 29.9 Å². The standard InChI is InChI=1S/C14H14F3N3/c15-14(16,17)11-1-3-12(4-2-11)20-9-19-8-13(20)10-5-6-18-7-10/h1-4,8-10,18H,5-7H2. The van der Waals surface area contributed by atoms with E-state index in [2.05, 4.69) is 10.3 Å². The molecule has 0 amide bonds. The third-order valence-electron chi connectivity index (χ3n) is 3.62. The second-order valence-corrected chi connectivity index (χ2v) is 4.92. The highest BCUT2D eigenvalue weighted by Gasteiger charge is 2.30. The first-order valence-electron chi connectivity index (χ1n) is 6.46. The molecule has 2 heterocycles. The molecule has 1 N–H and O–H groups in total. The Balaban J connectivity index is 1.92. The van der Waals surface area contributed by atoms with Crippen molar-refractivity contribution in [3.63, 3.8) is 0 Å². The van der Waals surface area contributed by atoms with Gasteiger partial charge in [0.15, 0.2) is 0 Å². The van der Waals surface area contributed by atoms with Crippen LogP contribution in [0.2, 0.25) is 0 Å². The number of hydrogen-bond acceptors (Lipinski definition) is 2. The average molecular weight is 281 g/mol. The summed E-state index contributed by atoms with van der Waals surface area (Å²) >= 11 is 0. The van der Waals surface area contributed by atoms with Crippen molar-refractivity contribution in [2.45, 2.75) is 18.5 Å². The number of nitrogens with zero attached hydrogens (tertiary/aromatic N) is 2. The molecule has 6 heteroatoms. The highest BCUT2D eigenvalue weighted by atomic mass is 19.4. The van der Waals surface area contributed by atoms with E-state index < -0.39 is 11.7 Å². The smallest absolute Gasteiger partial charge is 0.316 e. The van der Waals surface area contributed by atoms with Crippen LogP contribution in [0, 0.1) is 0 Å². The van der Waals surface area contributed by atoms with Gasteiger partial charge in [-0.2, -0.15) is 13.2 Å². The Morgan fingerprint density at radius 1 is 1.20 bits per heavy atom. The molecule has 20 heavy (non-hydrogen) atoms. The summed E-state index contributed by atoms with van der Waals surface area (Å²) in [6.45, 7) is 1.84. The van der Waals surface area contributed by atoms with Gasteiger partial charge in [0.2, 0.25) is 0 Å². The van der Waals surface area contributed by atoms with Gasteiger partial charge in [0.05, 0.1) is 11.9 Å². The van der Waals surface area contributed by atoms with E-state index >= 15 is 0 Å². The molecule has 0 radical (unpaired) electrons. The summed E-state index contributed by atoms with van der Waals surface area (Å²) in [5.41, 5.74) is 1.11. The molecule has 3 nitrogen and oxygen atoms in total. The highest BCUT2D eigenvalue weighted by Crippen LogP contribution is 2.30. The van der Waals surface area contributed by atoms with Crippen LogP contribution in [0.4, 0.5) is 13.2 Å². The van der Waals surface area contributed by atoms with Crippen molar-refractivity contribution in [3.8, 4) is 5.69 Å². The van der Waals surface area contributed by atoms with Gasteiger partial charge in [0.25, 0.3) is 0 Å². The van der Waals surface area contributed by atoms with Crippen LogP contribution in [-0.4, -0.2) is 22.6 Å². The lowest BCUT2D eigenvalue weighted by Crippen LogP contribution is -2.11. The third-order valence-corrected chi connectivity index (χ3v) is 3.62. The molecule has 0 spiro atoms. The van der Waals surface area contributed by atoms with Gasteiger partial charge in [-0.3, -0.25) is 0 Å². The number of aromatic nitrogens is 2. The molecule has 1 aromatic heterocycles. The van der Waals surface area contributed by atoms with E-state index in [0.29, 0.717) is 11.6 Å². The van der Waals surface area contributed by atoms with Gasteiger partial charge in [-0.15, -0.1) is 0 Å². The Morgan fingerprint density at radius 2 is 1.95 bits per heavy atom. The maximum Gasteiger partial charge on any atom is 0.416 e. The monoisotopic (exact) mass is 281 g/mol. The van der Waals surface area contributed by atoms with Crippen molar-refractivity contribution in [2.24, 2.45) is 0 Å². The number of imidazole rings is 1. The maximum absolute atomic E-state index is 12.6. The Kier molecular flexibility index (Phi) is 3.25. The van der Waals surface area contributed by atoms with Crippen molar-refractivity contribution in [3.05, 3.63) is 48.0 Å². The number of nitrogens with one attached hydrogen (secondary N) is 1. The maximum atomic E-state index is 12.6. The first-order valence-corrected chi connectivity index (χ1v) is 6.46. The average Bonchev–Trinajstić information content (AvgIpc) is 3.08. The predicted molar refractivity (Wildman–Crippen MR) is 68.8 cm³/mol. The predicted octanol–water partition coefficient (Wildman–Crippen LogP) is 2.97. The largest absolute Gasteiger partial charge is 0.416 e. The van der Waals surface area contributed by atoms with E-state index in [1.807, 2.05) is 4.57 Å². The zero-order chi connectivity index (χ0) is 14.2. The summed E-state index contributed by atoms with van der Waals surface area (Å²) in [5, 5.41) is 3.28. The fourth-order valence-electron chi connectivity index (χ4n) is 2.54. The molecular formula is C14H14F3N3. The van der Waals surface area contributed by atoms with Crippen molar-refractivity contribution in [2.75, 3.05) is 13.1 Å². The van der Waals surface area contributed by atoms with Crippen molar-refractivity contribution >= 4 is 0 Å². The van der Waals surface area contributed by atoms with Gasteiger partial charge in [0, 0.05) is 30.0 Å². The summed E-state index contributed by atoms with van der Waals surface area (Å²) in [7, 11) is 0. The molecular weight excluding hydrogens is 267 g/mol.